The van der Waals surface area contributed by atoms with Gasteiger partial charge in [-0.2, -0.15) is 0 Å². The van der Waals surface area contributed by atoms with Crippen LogP contribution in [-0.2, 0) is 19.2 Å². The minimum Gasteiger partial charge on any atom is -0.481 e. The molecular formula is C22H28N2O6. The van der Waals surface area contributed by atoms with E-state index in [4.69, 9.17) is 0 Å². The average Bonchev–Trinajstić information content (AvgIpc) is 3.48. The summed E-state index contributed by atoms with van der Waals surface area (Å²) in [6, 6.07) is 0. The van der Waals surface area contributed by atoms with Crippen LogP contribution in [0, 0.1) is 47.3 Å². The second-order valence-electron chi connectivity index (χ2n) is 8.97. The van der Waals surface area contributed by atoms with Crippen molar-refractivity contribution in [1.29, 1.82) is 0 Å². The zero-order valence-electron chi connectivity index (χ0n) is 16.7. The van der Waals surface area contributed by atoms with Gasteiger partial charge in [-0.25, -0.2) is 0 Å². The molecule has 0 aliphatic heterocycles. The van der Waals surface area contributed by atoms with E-state index in [-0.39, 0.29) is 35.5 Å². The highest BCUT2D eigenvalue weighted by Crippen LogP contribution is 2.49. The number of carbonyl (C=O) groups excluding carboxylic acids is 2. The molecule has 8 nitrogen and oxygen atoms in total. The van der Waals surface area contributed by atoms with Crippen molar-refractivity contribution in [2.45, 2.75) is 25.7 Å². The van der Waals surface area contributed by atoms with Crippen LogP contribution in [0.2, 0.25) is 0 Å². The standard InChI is InChI=1S/C22H28N2O6/c25-19(15-11-3-5-13(9-11)17(15)21(27)28)23-7-1-2-8-24-20(26)16-12-4-6-14(10-12)18(16)22(29)30/h3-6,11-18H,1-2,7-10H2,(H,23,25)(H,24,26)(H,27,28)(H,29,30)/t11-,12+,13-,14+,15-,16-,17+,18+/m1/s1. The van der Waals surface area contributed by atoms with Crippen LogP contribution in [0.3, 0.4) is 0 Å². The Balaban J connectivity index is 1.17. The van der Waals surface area contributed by atoms with Crippen LogP contribution in [-0.4, -0.2) is 47.1 Å². The van der Waals surface area contributed by atoms with E-state index >= 15 is 0 Å². The van der Waals surface area contributed by atoms with Crippen LogP contribution in [0.25, 0.3) is 0 Å². The molecule has 2 amide bonds. The molecule has 4 rings (SSSR count). The van der Waals surface area contributed by atoms with E-state index in [2.05, 4.69) is 10.6 Å². The van der Waals surface area contributed by atoms with E-state index in [1.54, 1.807) is 0 Å². The summed E-state index contributed by atoms with van der Waals surface area (Å²) in [4.78, 5) is 48.0. The Morgan fingerprint density at radius 1 is 0.633 bits per heavy atom. The summed E-state index contributed by atoms with van der Waals surface area (Å²) < 4.78 is 0. The van der Waals surface area contributed by atoms with Gasteiger partial charge in [0.05, 0.1) is 23.7 Å². The van der Waals surface area contributed by atoms with Gasteiger partial charge < -0.3 is 20.8 Å². The Morgan fingerprint density at radius 3 is 1.30 bits per heavy atom. The first-order chi connectivity index (χ1) is 14.4. The maximum Gasteiger partial charge on any atom is 0.307 e. The quantitative estimate of drug-likeness (QED) is 0.328. The maximum atomic E-state index is 12.5. The Bertz CT molecular complexity index is 739. The second-order valence-corrected chi connectivity index (χ2v) is 8.97. The lowest BCUT2D eigenvalue weighted by Crippen LogP contribution is -2.41. The van der Waals surface area contributed by atoms with Gasteiger partial charge in [-0.15, -0.1) is 0 Å². The number of aliphatic carboxylic acids is 2. The molecule has 2 fully saturated rings. The predicted octanol–water partition coefficient (Wildman–Crippen LogP) is 1.04. The number of allylic oxidation sites excluding steroid dienone is 4. The van der Waals surface area contributed by atoms with Crippen LogP contribution in [0.15, 0.2) is 24.3 Å². The normalized spacial score (nSPS) is 37.5. The van der Waals surface area contributed by atoms with Crippen molar-refractivity contribution in [3.63, 3.8) is 0 Å². The molecule has 2 saturated carbocycles. The molecule has 4 N–H and O–H groups in total. The average molecular weight is 416 g/mol. The van der Waals surface area contributed by atoms with Gasteiger partial charge in [-0.05, 0) is 49.4 Å². The molecule has 0 aromatic carbocycles. The predicted molar refractivity (Wildman–Crippen MR) is 106 cm³/mol. The smallest absolute Gasteiger partial charge is 0.307 e. The number of nitrogens with one attached hydrogen (secondary N) is 2. The molecule has 30 heavy (non-hydrogen) atoms. The molecular weight excluding hydrogens is 388 g/mol. The summed E-state index contributed by atoms with van der Waals surface area (Å²) in [5.41, 5.74) is 0. The number of fused-ring (bicyclic) bond motifs is 4. The molecule has 0 radical (unpaired) electrons. The summed E-state index contributed by atoms with van der Waals surface area (Å²) in [5.74, 6) is -4.61. The van der Waals surface area contributed by atoms with Gasteiger partial charge in [-0.3, -0.25) is 19.2 Å². The summed E-state index contributed by atoms with van der Waals surface area (Å²) in [7, 11) is 0. The third-order valence-electron chi connectivity index (χ3n) is 7.30. The monoisotopic (exact) mass is 416 g/mol. The minimum atomic E-state index is -0.912. The Hall–Kier alpha value is -2.64. The van der Waals surface area contributed by atoms with Crippen LogP contribution in [0.5, 0.6) is 0 Å². The molecule has 162 valence electrons. The molecule has 0 aromatic rings. The number of unbranched alkanes of at least 4 members (excludes halogenated alkanes) is 1. The second kappa shape index (κ2) is 8.24. The van der Waals surface area contributed by atoms with Crippen LogP contribution in [0.4, 0.5) is 0 Å². The van der Waals surface area contributed by atoms with E-state index in [1.165, 1.54) is 0 Å². The van der Waals surface area contributed by atoms with Gasteiger partial charge >= 0.3 is 11.9 Å². The molecule has 8 heteroatoms. The van der Waals surface area contributed by atoms with Gasteiger partial charge in [0.1, 0.15) is 0 Å². The first-order valence-electron chi connectivity index (χ1n) is 10.8. The molecule has 4 aliphatic carbocycles. The van der Waals surface area contributed by atoms with E-state index < -0.39 is 35.6 Å². The molecule has 8 atom stereocenters. The van der Waals surface area contributed by atoms with Gasteiger partial charge in [0.15, 0.2) is 0 Å². The fraction of sp³-hybridized carbons (Fsp3) is 0.636. The number of carbonyl (C=O) groups is 4. The van der Waals surface area contributed by atoms with Crippen molar-refractivity contribution in [1.82, 2.24) is 10.6 Å². The molecule has 4 aliphatic rings. The lowest BCUT2D eigenvalue weighted by atomic mass is 9.82. The van der Waals surface area contributed by atoms with E-state index in [0.717, 1.165) is 12.8 Å². The lowest BCUT2D eigenvalue weighted by molar-refractivity contribution is -0.148. The fourth-order valence-corrected chi connectivity index (χ4v) is 5.94. The highest BCUT2D eigenvalue weighted by atomic mass is 16.4. The molecule has 0 saturated heterocycles. The lowest BCUT2D eigenvalue weighted by Gasteiger charge is -2.24. The Kier molecular flexibility index (Phi) is 5.66. The first kappa shape index (κ1) is 20.6. The van der Waals surface area contributed by atoms with Crippen molar-refractivity contribution in [2.75, 3.05) is 13.1 Å². The van der Waals surface area contributed by atoms with Gasteiger partial charge in [0.2, 0.25) is 11.8 Å². The van der Waals surface area contributed by atoms with Gasteiger partial charge in [-0.1, -0.05) is 24.3 Å². The summed E-state index contributed by atoms with van der Waals surface area (Å²) in [6.45, 7) is 0.848. The van der Waals surface area contributed by atoms with E-state index in [9.17, 15) is 29.4 Å². The Morgan fingerprint density at radius 2 is 0.967 bits per heavy atom. The van der Waals surface area contributed by atoms with Crippen LogP contribution >= 0.6 is 0 Å². The highest BCUT2D eigenvalue weighted by Gasteiger charge is 2.52. The SMILES string of the molecule is O=C(O)[C@@H]1[C@H](C(=O)NCCCCNC(=O)[C@H]2[C@@H](C(=O)O)[C@H]3C=C[C@H]2C3)[C@@H]2C=C[C@@H]1C2. The maximum absolute atomic E-state index is 12.5. The summed E-state index contributed by atoms with van der Waals surface area (Å²) in [5, 5.41) is 24.6. The number of hydrogen-bond donors (Lipinski definition) is 4. The minimum absolute atomic E-state index is 0.00774. The zero-order chi connectivity index (χ0) is 21.4. The van der Waals surface area contributed by atoms with Crippen molar-refractivity contribution < 1.29 is 29.4 Å². The zero-order valence-corrected chi connectivity index (χ0v) is 16.7. The fourth-order valence-electron chi connectivity index (χ4n) is 5.94. The molecule has 4 bridgehead atoms. The largest absolute Gasteiger partial charge is 0.481 e. The molecule has 0 aromatic heterocycles. The topological polar surface area (TPSA) is 133 Å². The number of carboxylic acids is 2. The van der Waals surface area contributed by atoms with Crippen LogP contribution in [0.1, 0.15) is 25.7 Å². The number of carboxylic acid groups (broad SMARTS) is 2. The summed E-state index contributed by atoms with van der Waals surface area (Å²) >= 11 is 0. The third kappa shape index (κ3) is 3.63. The van der Waals surface area contributed by atoms with E-state index in [0.29, 0.717) is 25.9 Å². The molecule has 0 heterocycles. The van der Waals surface area contributed by atoms with Crippen molar-refractivity contribution in [3.05, 3.63) is 24.3 Å². The first-order valence-corrected chi connectivity index (χ1v) is 10.8. The summed E-state index contributed by atoms with van der Waals surface area (Å²) in [6.07, 6.45) is 10.5. The Labute approximate surface area is 174 Å². The molecule has 0 unspecified atom stereocenters. The van der Waals surface area contributed by atoms with Crippen molar-refractivity contribution in [3.8, 4) is 0 Å². The van der Waals surface area contributed by atoms with Gasteiger partial charge in [0.25, 0.3) is 0 Å². The number of hydrogen-bond acceptors (Lipinski definition) is 4. The van der Waals surface area contributed by atoms with E-state index in [1.807, 2.05) is 24.3 Å². The van der Waals surface area contributed by atoms with Crippen molar-refractivity contribution >= 4 is 23.8 Å². The number of amides is 2. The molecule has 0 spiro atoms. The van der Waals surface area contributed by atoms with Crippen LogP contribution < -0.4 is 10.6 Å². The van der Waals surface area contributed by atoms with Gasteiger partial charge in [0, 0.05) is 13.1 Å². The highest BCUT2D eigenvalue weighted by molar-refractivity contribution is 5.87. The number of rotatable bonds is 9. The third-order valence-corrected chi connectivity index (χ3v) is 7.30. The van der Waals surface area contributed by atoms with Crippen molar-refractivity contribution in [2.24, 2.45) is 47.3 Å².